The molecule has 114 valence electrons. The molecular formula is C13H13F2NO4S. The van der Waals surface area contributed by atoms with Crippen LogP contribution in [0, 0.1) is 11.6 Å². The highest BCUT2D eigenvalue weighted by Crippen LogP contribution is 2.23. The standard InChI is InChI=1S/C13H13F2NO4S/c14-8-1-2-10(9(15)5-8)21-6-11(17)16-13(12(18)19)3-4-20-7-13/h1-2,5H,3-4,6-7H2,(H,16,17)(H,18,19). The fraction of sp³-hybridized carbons (Fsp3) is 0.385. The van der Waals surface area contributed by atoms with Crippen molar-refractivity contribution in [2.45, 2.75) is 16.9 Å². The third-order valence-electron chi connectivity index (χ3n) is 3.06. The van der Waals surface area contributed by atoms with Gasteiger partial charge in [0.1, 0.15) is 11.6 Å². The number of nitrogens with one attached hydrogen (secondary N) is 1. The molecule has 1 unspecified atom stereocenters. The molecule has 0 spiro atoms. The number of rotatable bonds is 5. The maximum atomic E-state index is 13.4. The van der Waals surface area contributed by atoms with Crippen molar-refractivity contribution in [2.24, 2.45) is 0 Å². The molecule has 1 aromatic rings. The quantitative estimate of drug-likeness (QED) is 0.803. The predicted octanol–water partition coefficient (Wildman–Crippen LogP) is 1.42. The smallest absolute Gasteiger partial charge is 0.331 e. The number of carboxylic acids is 1. The van der Waals surface area contributed by atoms with E-state index in [2.05, 4.69) is 5.32 Å². The first-order valence-electron chi connectivity index (χ1n) is 6.13. The van der Waals surface area contributed by atoms with Crippen molar-refractivity contribution in [3.8, 4) is 0 Å². The normalized spacial score (nSPS) is 21.2. The first-order chi connectivity index (χ1) is 9.93. The second-order valence-electron chi connectivity index (χ2n) is 4.60. The van der Waals surface area contributed by atoms with Gasteiger partial charge in [0.15, 0.2) is 5.54 Å². The van der Waals surface area contributed by atoms with Crippen LogP contribution >= 0.6 is 11.8 Å². The lowest BCUT2D eigenvalue weighted by Gasteiger charge is -2.23. The van der Waals surface area contributed by atoms with Crippen molar-refractivity contribution < 1.29 is 28.2 Å². The molecule has 1 atom stereocenters. The van der Waals surface area contributed by atoms with Crippen LogP contribution in [0.15, 0.2) is 23.1 Å². The Morgan fingerprint density at radius 2 is 2.19 bits per heavy atom. The lowest BCUT2D eigenvalue weighted by atomic mass is 9.99. The molecule has 8 heteroatoms. The molecule has 0 bridgehead atoms. The van der Waals surface area contributed by atoms with Crippen molar-refractivity contribution in [1.29, 1.82) is 0 Å². The Morgan fingerprint density at radius 1 is 1.43 bits per heavy atom. The molecule has 0 radical (unpaired) electrons. The van der Waals surface area contributed by atoms with E-state index in [1.54, 1.807) is 0 Å². The number of aliphatic carboxylic acids is 1. The van der Waals surface area contributed by atoms with Gasteiger partial charge in [0, 0.05) is 24.0 Å². The number of carbonyl (C=O) groups is 2. The summed E-state index contributed by atoms with van der Waals surface area (Å²) >= 11 is 0.870. The molecule has 2 rings (SSSR count). The van der Waals surface area contributed by atoms with Crippen molar-refractivity contribution in [3.63, 3.8) is 0 Å². The van der Waals surface area contributed by atoms with Crippen LogP contribution in [-0.2, 0) is 14.3 Å². The monoisotopic (exact) mass is 317 g/mol. The van der Waals surface area contributed by atoms with E-state index in [1.165, 1.54) is 6.07 Å². The average Bonchev–Trinajstić information content (AvgIpc) is 2.87. The maximum absolute atomic E-state index is 13.4. The second-order valence-corrected chi connectivity index (χ2v) is 5.62. The zero-order valence-electron chi connectivity index (χ0n) is 10.9. The number of carbonyl (C=O) groups excluding carboxylic acids is 1. The number of halogens is 2. The molecule has 1 amide bonds. The minimum atomic E-state index is -1.42. The molecule has 1 heterocycles. The number of benzene rings is 1. The molecule has 1 saturated heterocycles. The fourth-order valence-electron chi connectivity index (χ4n) is 1.92. The predicted molar refractivity (Wildman–Crippen MR) is 71.0 cm³/mol. The first kappa shape index (κ1) is 15.7. The maximum Gasteiger partial charge on any atom is 0.331 e. The molecule has 1 aliphatic rings. The molecule has 0 saturated carbocycles. The van der Waals surface area contributed by atoms with Crippen LogP contribution in [-0.4, -0.2) is 41.5 Å². The minimum absolute atomic E-state index is 0.0936. The van der Waals surface area contributed by atoms with Crippen molar-refractivity contribution in [1.82, 2.24) is 5.32 Å². The van der Waals surface area contributed by atoms with E-state index in [1.807, 2.05) is 0 Å². The molecule has 0 aliphatic carbocycles. The molecule has 21 heavy (non-hydrogen) atoms. The van der Waals surface area contributed by atoms with Crippen LogP contribution in [0.3, 0.4) is 0 Å². The largest absolute Gasteiger partial charge is 0.479 e. The Labute approximate surface area is 123 Å². The van der Waals surface area contributed by atoms with Gasteiger partial charge in [-0.25, -0.2) is 13.6 Å². The van der Waals surface area contributed by atoms with Gasteiger partial charge in [0.25, 0.3) is 0 Å². The summed E-state index contributed by atoms with van der Waals surface area (Å²) in [5.74, 6) is -3.33. The third kappa shape index (κ3) is 3.70. The van der Waals surface area contributed by atoms with E-state index in [4.69, 9.17) is 9.84 Å². The van der Waals surface area contributed by atoms with Gasteiger partial charge >= 0.3 is 5.97 Å². The molecule has 2 N–H and O–H groups in total. The summed E-state index contributed by atoms with van der Waals surface area (Å²) in [5, 5.41) is 11.6. The fourth-order valence-corrected chi connectivity index (χ4v) is 2.64. The number of hydrogen-bond donors (Lipinski definition) is 2. The highest BCUT2D eigenvalue weighted by atomic mass is 32.2. The molecule has 0 aromatic heterocycles. The van der Waals surface area contributed by atoms with E-state index in [-0.39, 0.29) is 30.3 Å². The summed E-state index contributed by atoms with van der Waals surface area (Å²) in [6, 6.07) is 3.05. The van der Waals surface area contributed by atoms with E-state index in [9.17, 15) is 18.4 Å². The average molecular weight is 317 g/mol. The van der Waals surface area contributed by atoms with Crippen LogP contribution in [0.25, 0.3) is 0 Å². The first-order valence-corrected chi connectivity index (χ1v) is 7.11. The van der Waals surface area contributed by atoms with Crippen molar-refractivity contribution in [3.05, 3.63) is 29.8 Å². The Bertz CT molecular complexity index is 561. The summed E-state index contributed by atoms with van der Waals surface area (Å²) in [7, 11) is 0. The highest BCUT2D eigenvalue weighted by molar-refractivity contribution is 8.00. The summed E-state index contributed by atoms with van der Waals surface area (Å²) in [5.41, 5.74) is -1.42. The molecule has 5 nitrogen and oxygen atoms in total. The van der Waals surface area contributed by atoms with Gasteiger partial charge < -0.3 is 15.2 Å². The minimum Gasteiger partial charge on any atom is -0.479 e. The number of hydrogen-bond acceptors (Lipinski definition) is 4. The van der Waals surface area contributed by atoms with Crippen LogP contribution in [0.4, 0.5) is 8.78 Å². The van der Waals surface area contributed by atoms with E-state index in [0.29, 0.717) is 0 Å². The Hall–Kier alpha value is -1.67. The highest BCUT2D eigenvalue weighted by Gasteiger charge is 2.43. The molecular weight excluding hydrogens is 304 g/mol. The molecule has 1 aliphatic heterocycles. The van der Waals surface area contributed by atoms with Gasteiger partial charge in [-0.2, -0.15) is 0 Å². The summed E-state index contributed by atoms with van der Waals surface area (Å²) in [6.07, 6.45) is 0.184. The Kier molecular flexibility index (Phi) is 4.79. The van der Waals surface area contributed by atoms with Crippen LogP contribution in [0.1, 0.15) is 6.42 Å². The third-order valence-corrected chi connectivity index (χ3v) is 4.11. The Morgan fingerprint density at radius 3 is 2.76 bits per heavy atom. The summed E-state index contributed by atoms with van der Waals surface area (Å²) in [6.45, 7) is 0.163. The molecule has 1 fully saturated rings. The summed E-state index contributed by atoms with van der Waals surface area (Å²) < 4.78 is 31.2. The van der Waals surface area contributed by atoms with E-state index < -0.39 is 29.0 Å². The zero-order chi connectivity index (χ0) is 15.5. The van der Waals surface area contributed by atoms with E-state index >= 15 is 0 Å². The van der Waals surface area contributed by atoms with Gasteiger partial charge in [0.2, 0.25) is 5.91 Å². The Balaban J connectivity index is 1.94. The van der Waals surface area contributed by atoms with Crippen molar-refractivity contribution >= 4 is 23.6 Å². The topological polar surface area (TPSA) is 75.6 Å². The van der Waals surface area contributed by atoms with Gasteiger partial charge in [0.05, 0.1) is 12.4 Å². The number of ether oxygens (including phenoxy) is 1. The van der Waals surface area contributed by atoms with Gasteiger partial charge in [-0.1, -0.05) is 0 Å². The van der Waals surface area contributed by atoms with Crippen molar-refractivity contribution in [2.75, 3.05) is 19.0 Å². The van der Waals surface area contributed by atoms with Gasteiger partial charge in [-0.15, -0.1) is 11.8 Å². The SMILES string of the molecule is O=C(CSc1ccc(F)cc1F)NC1(C(=O)O)CCOC1. The van der Waals surface area contributed by atoms with Crippen LogP contribution in [0.2, 0.25) is 0 Å². The zero-order valence-corrected chi connectivity index (χ0v) is 11.7. The lowest BCUT2D eigenvalue weighted by molar-refractivity contribution is -0.147. The van der Waals surface area contributed by atoms with Gasteiger partial charge in [-0.05, 0) is 12.1 Å². The molecule has 1 aromatic carbocycles. The number of amides is 1. The lowest BCUT2D eigenvalue weighted by Crippen LogP contribution is -2.55. The van der Waals surface area contributed by atoms with Gasteiger partial charge in [-0.3, -0.25) is 4.79 Å². The summed E-state index contributed by atoms with van der Waals surface area (Å²) in [4.78, 5) is 23.2. The number of thioether (sulfide) groups is 1. The second kappa shape index (κ2) is 6.40. The van der Waals surface area contributed by atoms with Crippen LogP contribution < -0.4 is 5.32 Å². The van der Waals surface area contributed by atoms with E-state index in [0.717, 1.165) is 23.9 Å². The van der Waals surface area contributed by atoms with Crippen LogP contribution in [0.5, 0.6) is 0 Å². The number of carboxylic acid groups (broad SMARTS) is 1.